The molecule has 0 spiro atoms. The van der Waals surface area contributed by atoms with Gasteiger partial charge in [0.05, 0.1) is 0 Å². The third kappa shape index (κ3) is 6.50. The van der Waals surface area contributed by atoms with Gasteiger partial charge in [0.15, 0.2) is 12.4 Å². The first-order valence-electron chi connectivity index (χ1n) is 9.66. The van der Waals surface area contributed by atoms with Gasteiger partial charge < -0.3 is 4.74 Å². The van der Waals surface area contributed by atoms with E-state index in [1.165, 1.54) is 24.3 Å². The molecular weight excluding hydrogens is 399 g/mol. The molecule has 2 N–H and O–H groups in total. The first kappa shape index (κ1) is 21.7. The summed E-state index contributed by atoms with van der Waals surface area (Å²) < 4.78 is 18.5. The topological polar surface area (TPSA) is 84.5 Å². The van der Waals surface area contributed by atoms with Gasteiger partial charge in [0.25, 0.3) is 5.91 Å². The number of ketones is 1. The molecule has 0 unspecified atom stereocenters. The van der Waals surface area contributed by atoms with Crippen LogP contribution in [-0.4, -0.2) is 24.2 Å². The Bertz CT molecular complexity index is 1050. The monoisotopic (exact) mass is 420 g/mol. The minimum Gasteiger partial charge on any atom is -0.483 e. The van der Waals surface area contributed by atoms with Gasteiger partial charge in [-0.2, -0.15) is 0 Å². The summed E-state index contributed by atoms with van der Waals surface area (Å²) in [7, 11) is 0. The van der Waals surface area contributed by atoms with Crippen LogP contribution in [0.2, 0.25) is 0 Å². The van der Waals surface area contributed by atoms with Gasteiger partial charge in [0.2, 0.25) is 5.91 Å². The summed E-state index contributed by atoms with van der Waals surface area (Å²) in [6.07, 6.45) is -0.178. The summed E-state index contributed by atoms with van der Waals surface area (Å²) in [5.74, 6) is -1.25. The van der Waals surface area contributed by atoms with Crippen LogP contribution in [-0.2, 0) is 9.59 Å². The van der Waals surface area contributed by atoms with E-state index in [0.29, 0.717) is 11.3 Å². The number of hydrazine groups is 1. The Morgan fingerprint density at radius 1 is 0.742 bits per heavy atom. The summed E-state index contributed by atoms with van der Waals surface area (Å²) in [5.41, 5.74) is 6.63. The van der Waals surface area contributed by atoms with E-state index in [1.807, 2.05) is 42.5 Å². The van der Waals surface area contributed by atoms with Gasteiger partial charge in [0.1, 0.15) is 11.6 Å². The Kier molecular flexibility index (Phi) is 7.48. The number of benzene rings is 3. The molecule has 3 aromatic carbocycles. The van der Waals surface area contributed by atoms with Crippen molar-refractivity contribution in [1.82, 2.24) is 10.9 Å². The number of amides is 2. The Morgan fingerprint density at radius 3 is 2.13 bits per heavy atom. The molecule has 0 aliphatic rings. The number of halogens is 1. The van der Waals surface area contributed by atoms with Crippen molar-refractivity contribution >= 4 is 17.6 Å². The van der Waals surface area contributed by atoms with Gasteiger partial charge in [-0.25, -0.2) is 4.39 Å². The molecule has 2 amide bonds. The molecule has 6 nitrogen and oxygen atoms in total. The van der Waals surface area contributed by atoms with Crippen molar-refractivity contribution in [3.05, 3.63) is 90.2 Å². The zero-order valence-corrected chi connectivity index (χ0v) is 16.6. The Labute approximate surface area is 179 Å². The van der Waals surface area contributed by atoms with E-state index >= 15 is 0 Å². The molecule has 31 heavy (non-hydrogen) atoms. The second-order valence-electron chi connectivity index (χ2n) is 6.68. The van der Waals surface area contributed by atoms with Crippen LogP contribution in [0.1, 0.15) is 23.2 Å². The van der Waals surface area contributed by atoms with Gasteiger partial charge in [-0.15, -0.1) is 0 Å². The summed E-state index contributed by atoms with van der Waals surface area (Å²) in [5, 5.41) is 0. The molecule has 0 aromatic heterocycles. The van der Waals surface area contributed by atoms with Crippen LogP contribution in [0, 0.1) is 5.82 Å². The average molecular weight is 420 g/mol. The van der Waals surface area contributed by atoms with Crippen LogP contribution in [0.4, 0.5) is 4.39 Å². The normalized spacial score (nSPS) is 10.2. The molecule has 0 atom stereocenters. The molecule has 0 bridgehead atoms. The standard InChI is InChI=1S/C24H21FN2O4/c25-19-12-10-18(11-13-19)21(28)14-15-23(29)26-27-24(30)16-31-22-9-5-4-8-20(22)17-6-2-1-3-7-17/h1-13H,14-16H2,(H,26,29)(H,27,30). The van der Waals surface area contributed by atoms with Crippen LogP contribution in [0.5, 0.6) is 5.75 Å². The third-order valence-electron chi connectivity index (χ3n) is 4.42. The van der Waals surface area contributed by atoms with Crippen molar-refractivity contribution in [1.29, 1.82) is 0 Å². The number of carbonyl (C=O) groups is 3. The molecular formula is C24H21FN2O4. The van der Waals surface area contributed by atoms with Gasteiger partial charge in [-0.1, -0.05) is 48.5 Å². The highest BCUT2D eigenvalue weighted by molar-refractivity contribution is 5.98. The molecule has 7 heteroatoms. The van der Waals surface area contributed by atoms with E-state index in [-0.39, 0.29) is 25.2 Å². The van der Waals surface area contributed by atoms with E-state index in [4.69, 9.17) is 4.74 Å². The number of Topliss-reactive ketones (excluding diaryl/α,β-unsaturated/α-hetero) is 1. The molecule has 0 aliphatic heterocycles. The SMILES string of the molecule is O=C(CCC(=O)c1ccc(F)cc1)NNC(=O)COc1ccccc1-c1ccccc1. The van der Waals surface area contributed by atoms with Crippen LogP contribution in [0.3, 0.4) is 0 Å². The zero-order chi connectivity index (χ0) is 22.1. The molecule has 0 fully saturated rings. The second-order valence-corrected chi connectivity index (χ2v) is 6.68. The maximum Gasteiger partial charge on any atom is 0.276 e. The number of hydrogen-bond acceptors (Lipinski definition) is 4. The first-order chi connectivity index (χ1) is 15.0. The highest BCUT2D eigenvalue weighted by atomic mass is 19.1. The lowest BCUT2D eigenvalue weighted by Crippen LogP contribution is -2.43. The van der Waals surface area contributed by atoms with Crippen LogP contribution >= 0.6 is 0 Å². The van der Waals surface area contributed by atoms with Crippen molar-refractivity contribution in [3.8, 4) is 16.9 Å². The van der Waals surface area contributed by atoms with Gasteiger partial charge in [-0.3, -0.25) is 25.2 Å². The largest absolute Gasteiger partial charge is 0.483 e. The number of ether oxygens (including phenoxy) is 1. The smallest absolute Gasteiger partial charge is 0.276 e. The van der Waals surface area contributed by atoms with Crippen LogP contribution in [0.25, 0.3) is 11.1 Å². The predicted octanol–water partition coefficient (Wildman–Crippen LogP) is 3.68. The zero-order valence-electron chi connectivity index (χ0n) is 16.6. The molecule has 0 heterocycles. The number of nitrogens with one attached hydrogen (secondary N) is 2. The van der Waals surface area contributed by atoms with E-state index in [0.717, 1.165) is 11.1 Å². The van der Waals surface area contributed by atoms with Crippen molar-refractivity contribution < 1.29 is 23.5 Å². The lowest BCUT2D eigenvalue weighted by Gasteiger charge is -2.12. The quantitative estimate of drug-likeness (QED) is 0.430. The summed E-state index contributed by atoms with van der Waals surface area (Å²) in [6, 6.07) is 22.0. The molecule has 0 saturated carbocycles. The molecule has 0 saturated heterocycles. The number of hydrogen-bond donors (Lipinski definition) is 2. The average Bonchev–Trinajstić information content (AvgIpc) is 2.81. The van der Waals surface area contributed by atoms with Crippen molar-refractivity contribution in [3.63, 3.8) is 0 Å². The molecule has 158 valence electrons. The number of para-hydroxylation sites is 1. The van der Waals surface area contributed by atoms with E-state index in [9.17, 15) is 18.8 Å². The summed E-state index contributed by atoms with van der Waals surface area (Å²) >= 11 is 0. The minimum absolute atomic E-state index is 0.0612. The highest BCUT2D eigenvalue weighted by Gasteiger charge is 2.12. The fraction of sp³-hybridized carbons (Fsp3) is 0.125. The maximum absolute atomic E-state index is 12.9. The van der Waals surface area contributed by atoms with Gasteiger partial charge >= 0.3 is 0 Å². The summed E-state index contributed by atoms with van der Waals surface area (Å²) in [6.45, 7) is -0.293. The van der Waals surface area contributed by atoms with E-state index in [1.54, 1.807) is 12.1 Å². The highest BCUT2D eigenvalue weighted by Crippen LogP contribution is 2.29. The lowest BCUT2D eigenvalue weighted by atomic mass is 10.1. The van der Waals surface area contributed by atoms with Crippen molar-refractivity contribution in [2.24, 2.45) is 0 Å². The Hall–Kier alpha value is -4.00. The third-order valence-corrected chi connectivity index (χ3v) is 4.42. The fourth-order valence-electron chi connectivity index (χ4n) is 2.84. The van der Waals surface area contributed by atoms with Gasteiger partial charge in [0, 0.05) is 24.0 Å². The second kappa shape index (κ2) is 10.7. The first-order valence-corrected chi connectivity index (χ1v) is 9.66. The lowest BCUT2D eigenvalue weighted by molar-refractivity contribution is -0.130. The minimum atomic E-state index is -0.541. The molecule has 0 radical (unpaired) electrons. The number of carbonyl (C=O) groups excluding carboxylic acids is 3. The van der Waals surface area contributed by atoms with Crippen LogP contribution in [0.15, 0.2) is 78.9 Å². The molecule has 0 aliphatic carbocycles. The van der Waals surface area contributed by atoms with Crippen LogP contribution < -0.4 is 15.6 Å². The summed E-state index contributed by atoms with van der Waals surface area (Å²) in [4.78, 5) is 35.9. The number of rotatable bonds is 8. The Balaban J connectivity index is 1.43. The van der Waals surface area contributed by atoms with E-state index in [2.05, 4.69) is 10.9 Å². The fourth-order valence-corrected chi connectivity index (χ4v) is 2.84. The van der Waals surface area contributed by atoms with Crippen molar-refractivity contribution in [2.75, 3.05) is 6.61 Å². The molecule has 3 rings (SSSR count). The predicted molar refractivity (Wildman–Crippen MR) is 114 cm³/mol. The molecule has 3 aromatic rings. The van der Waals surface area contributed by atoms with E-state index < -0.39 is 17.6 Å². The Morgan fingerprint density at radius 2 is 1.39 bits per heavy atom. The maximum atomic E-state index is 12.9. The van der Waals surface area contributed by atoms with Gasteiger partial charge in [-0.05, 0) is 35.9 Å². The van der Waals surface area contributed by atoms with Crippen molar-refractivity contribution in [2.45, 2.75) is 12.8 Å².